The summed E-state index contributed by atoms with van der Waals surface area (Å²) >= 11 is 11.8. The molecule has 0 saturated heterocycles. The minimum atomic E-state index is -0.636. The van der Waals surface area contributed by atoms with Crippen LogP contribution in [0, 0.1) is 0 Å². The molecule has 1 aromatic heterocycles. The molecule has 0 aliphatic carbocycles. The normalized spacial score (nSPS) is 10.5. The molecule has 144 valence electrons. The lowest BCUT2D eigenvalue weighted by atomic mass is 10.1. The summed E-state index contributed by atoms with van der Waals surface area (Å²) in [6, 6.07) is 11.1. The first kappa shape index (κ1) is 19.7. The highest BCUT2D eigenvalue weighted by Gasteiger charge is 2.16. The molecule has 1 heterocycles. The van der Waals surface area contributed by atoms with E-state index in [9.17, 15) is 14.4 Å². The van der Waals surface area contributed by atoms with E-state index in [0.29, 0.717) is 10.4 Å². The maximum Gasteiger partial charge on any atom is 0.340 e. The number of hydrogen-bond donors (Lipinski definition) is 1. The van der Waals surface area contributed by atoms with Gasteiger partial charge in [0.25, 0.3) is 11.5 Å². The van der Waals surface area contributed by atoms with E-state index in [2.05, 4.69) is 5.43 Å². The lowest BCUT2D eigenvalue weighted by Gasteiger charge is -2.13. The van der Waals surface area contributed by atoms with Crippen LogP contribution in [0.1, 0.15) is 10.4 Å². The number of carbonyl (C=O) groups excluding carboxylic acids is 2. The number of methoxy groups -OCH3 is 1. The van der Waals surface area contributed by atoms with Gasteiger partial charge in [0.05, 0.1) is 17.7 Å². The number of nitrogens with one attached hydrogen (secondary N) is 1. The van der Waals surface area contributed by atoms with E-state index in [1.165, 1.54) is 25.4 Å². The van der Waals surface area contributed by atoms with Crippen LogP contribution in [0.25, 0.3) is 10.8 Å². The molecule has 3 rings (SSSR count). The quantitative estimate of drug-likeness (QED) is 0.640. The Morgan fingerprint density at radius 3 is 2.50 bits per heavy atom. The van der Waals surface area contributed by atoms with Gasteiger partial charge in [-0.2, -0.15) is 0 Å². The molecule has 0 aliphatic rings. The molecule has 1 N–H and O–H groups in total. The monoisotopic (exact) mass is 420 g/mol. The second-order valence-electron chi connectivity index (χ2n) is 5.65. The van der Waals surface area contributed by atoms with Crippen molar-refractivity contribution in [1.82, 2.24) is 4.68 Å². The first-order chi connectivity index (χ1) is 13.4. The average Bonchev–Trinajstić information content (AvgIpc) is 2.69. The predicted molar refractivity (Wildman–Crippen MR) is 106 cm³/mol. The largest absolute Gasteiger partial charge is 0.482 e. The van der Waals surface area contributed by atoms with E-state index in [-0.39, 0.29) is 21.7 Å². The maximum absolute atomic E-state index is 12.6. The Morgan fingerprint density at radius 2 is 1.82 bits per heavy atom. The van der Waals surface area contributed by atoms with E-state index in [4.69, 9.17) is 32.7 Å². The number of fused-ring (bicyclic) bond motifs is 1. The second kappa shape index (κ2) is 8.33. The van der Waals surface area contributed by atoms with Crippen LogP contribution in [0.5, 0.6) is 5.75 Å². The van der Waals surface area contributed by atoms with Crippen molar-refractivity contribution < 1.29 is 19.1 Å². The third-order valence-corrected chi connectivity index (χ3v) is 4.36. The summed E-state index contributed by atoms with van der Waals surface area (Å²) in [5.74, 6) is -0.995. The minimum Gasteiger partial charge on any atom is -0.482 e. The molecule has 0 saturated carbocycles. The fourth-order valence-electron chi connectivity index (χ4n) is 2.55. The molecular formula is C19H14Cl2N2O5. The van der Waals surface area contributed by atoms with Gasteiger partial charge in [0.15, 0.2) is 6.61 Å². The van der Waals surface area contributed by atoms with Gasteiger partial charge in [0, 0.05) is 22.0 Å². The molecule has 0 bridgehead atoms. The van der Waals surface area contributed by atoms with Crippen LogP contribution in [0.15, 0.2) is 53.5 Å². The molecule has 0 radical (unpaired) electrons. The standard InChI is InChI=1S/C19H14Cl2N2O5/c1-27-19(26)14-9-23(18(25)13-5-3-2-4-12(13)14)22-17(24)10-28-16-7-6-11(20)8-15(16)21/h2-9H,10H2,1H3,(H,22,24). The van der Waals surface area contributed by atoms with Gasteiger partial charge in [-0.3, -0.25) is 15.0 Å². The first-order valence-electron chi connectivity index (χ1n) is 8.01. The molecule has 0 atom stereocenters. The Balaban J connectivity index is 1.85. The minimum absolute atomic E-state index is 0.139. The van der Waals surface area contributed by atoms with Crippen molar-refractivity contribution in [3.8, 4) is 5.75 Å². The van der Waals surface area contributed by atoms with Crippen molar-refractivity contribution in [2.75, 3.05) is 19.1 Å². The summed E-state index contributed by atoms with van der Waals surface area (Å²) in [5.41, 5.74) is 2.03. The van der Waals surface area contributed by atoms with Gasteiger partial charge in [0.2, 0.25) is 0 Å². The van der Waals surface area contributed by atoms with Crippen molar-refractivity contribution in [3.05, 3.63) is 74.6 Å². The summed E-state index contributed by atoms with van der Waals surface area (Å²) in [6.45, 7) is -0.409. The summed E-state index contributed by atoms with van der Waals surface area (Å²) in [4.78, 5) is 36.9. The van der Waals surface area contributed by atoms with Crippen LogP contribution in [0.2, 0.25) is 10.0 Å². The van der Waals surface area contributed by atoms with E-state index in [1.54, 1.807) is 30.3 Å². The highest BCUT2D eigenvalue weighted by Crippen LogP contribution is 2.27. The zero-order valence-electron chi connectivity index (χ0n) is 14.6. The fraction of sp³-hybridized carbons (Fsp3) is 0.105. The number of benzene rings is 2. The Bertz CT molecular complexity index is 1130. The Kier molecular flexibility index (Phi) is 5.87. The number of esters is 1. The highest BCUT2D eigenvalue weighted by atomic mass is 35.5. The summed E-state index contributed by atoms with van der Waals surface area (Å²) in [5, 5.41) is 1.36. The Hall–Kier alpha value is -3.03. The number of pyridine rings is 1. The number of aromatic nitrogens is 1. The summed E-state index contributed by atoms with van der Waals surface area (Å²) < 4.78 is 11.0. The van der Waals surface area contributed by atoms with Crippen LogP contribution < -0.4 is 15.7 Å². The number of rotatable bonds is 5. The van der Waals surface area contributed by atoms with Crippen LogP contribution in [-0.2, 0) is 9.53 Å². The molecule has 0 aliphatic heterocycles. The molecular weight excluding hydrogens is 407 g/mol. The number of carbonyl (C=O) groups is 2. The van der Waals surface area contributed by atoms with Gasteiger partial charge in [0.1, 0.15) is 5.75 Å². The van der Waals surface area contributed by atoms with Crippen LogP contribution in [0.4, 0.5) is 0 Å². The van der Waals surface area contributed by atoms with E-state index in [1.807, 2.05) is 0 Å². The second-order valence-corrected chi connectivity index (χ2v) is 6.50. The molecule has 7 nitrogen and oxygen atoms in total. The van der Waals surface area contributed by atoms with Crippen molar-refractivity contribution in [1.29, 1.82) is 0 Å². The van der Waals surface area contributed by atoms with E-state index >= 15 is 0 Å². The molecule has 0 spiro atoms. The van der Waals surface area contributed by atoms with Gasteiger partial charge < -0.3 is 9.47 Å². The van der Waals surface area contributed by atoms with Gasteiger partial charge in [-0.25, -0.2) is 9.47 Å². The van der Waals surface area contributed by atoms with Crippen molar-refractivity contribution in [3.63, 3.8) is 0 Å². The smallest absolute Gasteiger partial charge is 0.340 e. The zero-order chi connectivity index (χ0) is 20.3. The number of ether oxygens (including phenoxy) is 2. The third-order valence-electron chi connectivity index (χ3n) is 3.83. The van der Waals surface area contributed by atoms with Crippen LogP contribution in [0.3, 0.4) is 0 Å². The molecule has 1 amide bonds. The molecule has 28 heavy (non-hydrogen) atoms. The lowest BCUT2D eigenvalue weighted by molar-refractivity contribution is -0.119. The SMILES string of the molecule is COC(=O)c1cn(NC(=O)COc2ccc(Cl)cc2Cl)c(=O)c2ccccc12. The molecule has 0 fully saturated rings. The number of hydrogen-bond acceptors (Lipinski definition) is 5. The van der Waals surface area contributed by atoms with Gasteiger partial charge in [-0.15, -0.1) is 0 Å². The molecule has 9 heteroatoms. The third kappa shape index (κ3) is 4.11. The van der Waals surface area contributed by atoms with Crippen LogP contribution >= 0.6 is 23.2 Å². The first-order valence-corrected chi connectivity index (χ1v) is 8.76. The van der Waals surface area contributed by atoms with Crippen molar-refractivity contribution in [2.45, 2.75) is 0 Å². The van der Waals surface area contributed by atoms with Crippen LogP contribution in [-0.4, -0.2) is 30.3 Å². The highest BCUT2D eigenvalue weighted by molar-refractivity contribution is 6.35. The predicted octanol–water partition coefficient (Wildman–Crippen LogP) is 3.24. The molecule has 3 aromatic rings. The lowest BCUT2D eigenvalue weighted by Crippen LogP contribution is -2.36. The molecule has 0 unspecified atom stereocenters. The summed E-state index contributed by atoms with van der Waals surface area (Å²) in [6.07, 6.45) is 1.21. The zero-order valence-corrected chi connectivity index (χ0v) is 16.1. The van der Waals surface area contributed by atoms with Gasteiger partial charge in [-0.1, -0.05) is 41.4 Å². The maximum atomic E-state index is 12.6. The number of halogens is 2. The van der Waals surface area contributed by atoms with Crippen molar-refractivity contribution in [2.24, 2.45) is 0 Å². The fourth-order valence-corrected chi connectivity index (χ4v) is 3.01. The summed E-state index contributed by atoms with van der Waals surface area (Å²) in [7, 11) is 1.23. The van der Waals surface area contributed by atoms with E-state index < -0.39 is 24.0 Å². The number of nitrogens with zero attached hydrogens (tertiary/aromatic N) is 1. The van der Waals surface area contributed by atoms with E-state index in [0.717, 1.165) is 4.68 Å². The topological polar surface area (TPSA) is 86.6 Å². The van der Waals surface area contributed by atoms with Crippen molar-refractivity contribution >= 4 is 45.9 Å². The average molecular weight is 421 g/mol. The Morgan fingerprint density at radius 1 is 1.11 bits per heavy atom. The van der Waals surface area contributed by atoms with Gasteiger partial charge >= 0.3 is 5.97 Å². The Labute approximate surface area is 169 Å². The number of amides is 1. The van der Waals surface area contributed by atoms with Gasteiger partial charge in [-0.05, 0) is 24.3 Å². The molecule has 2 aromatic carbocycles.